The zero-order valence-electron chi connectivity index (χ0n) is 22.1. The highest BCUT2D eigenvalue weighted by molar-refractivity contribution is 7.07. The first-order chi connectivity index (χ1) is 19.2. The minimum Gasteiger partial charge on any atom is -0.489 e. The SMILES string of the molecule is CC1=C(C(=O)OC(C)C)C(c2ccc(OCc3ccccc3)cc2)n2c(sc(=Cc3ccc(Cl)cc3Cl)c2=O)=N1. The molecular formula is C31H26Cl2N2O4S. The quantitative estimate of drug-likeness (QED) is 0.244. The van der Waals surface area contributed by atoms with Gasteiger partial charge in [0, 0.05) is 10.0 Å². The molecule has 9 heteroatoms. The Morgan fingerprint density at radius 3 is 2.48 bits per heavy atom. The Morgan fingerprint density at radius 1 is 1.07 bits per heavy atom. The van der Waals surface area contributed by atoms with Crippen molar-refractivity contribution < 1.29 is 14.3 Å². The number of allylic oxidation sites excluding steroid dienone is 1. The van der Waals surface area contributed by atoms with E-state index in [0.717, 1.165) is 11.1 Å². The number of esters is 1. The Labute approximate surface area is 245 Å². The number of hydrogen-bond acceptors (Lipinski definition) is 6. The molecule has 1 aliphatic heterocycles. The molecule has 204 valence electrons. The molecule has 1 aromatic heterocycles. The van der Waals surface area contributed by atoms with Crippen LogP contribution in [0.2, 0.25) is 10.0 Å². The molecule has 0 spiro atoms. The molecule has 5 rings (SSSR count). The van der Waals surface area contributed by atoms with Crippen LogP contribution in [-0.2, 0) is 16.1 Å². The number of thiazole rings is 1. The monoisotopic (exact) mass is 592 g/mol. The van der Waals surface area contributed by atoms with Gasteiger partial charge >= 0.3 is 5.97 Å². The molecule has 0 bridgehead atoms. The lowest BCUT2D eigenvalue weighted by atomic mass is 9.96. The van der Waals surface area contributed by atoms with Crippen molar-refractivity contribution in [3.05, 3.63) is 130 Å². The van der Waals surface area contributed by atoms with Crippen LogP contribution in [0.4, 0.5) is 0 Å². The van der Waals surface area contributed by atoms with Crippen LogP contribution in [0.1, 0.15) is 43.5 Å². The average molecular weight is 594 g/mol. The predicted octanol–water partition coefficient (Wildman–Crippen LogP) is 6.07. The summed E-state index contributed by atoms with van der Waals surface area (Å²) in [4.78, 5) is 32.2. The third kappa shape index (κ3) is 5.92. The van der Waals surface area contributed by atoms with Gasteiger partial charge in [-0.15, -0.1) is 0 Å². The topological polar surface area (TPSA) is 69.9 Å². The van der Waals surface area contributed by atoms with E-state index in [9.17, 15) is 9.59 Å². The van der Waals surface area contributed by atoms with Crippen LogP contribution in [0.25, 0.3) is 6.08 Å². The lowest BCUT2D eigenvalue weighted by molar-refractivity contribution is -0.143. The van der Waals surface area contributed by atoms with Crippen LogP contribution in [0.5, 0.6) is 5.75 Å². The summed E-state index contributed by atoms with van der Waals surface area (Å²) < 4.78 is 13.5. The van der Waals surface area contributed by atoms with Gasteiger partial charge < -0.3 is 9.47 Å². The van der Waals surface area contributed by atoms with E-state index in [0.29, 0.717) is 48.6 Å². The highest BCUT2D eigenvalue weighted by atomic mass is 35.5. The maximum absolute atomic E-state index is 13.8. The van der Waals surface area contributed by atoms with Crippen LogP contribution < -0.4 is 19.6 Å². The number of rotatable bonds is 7. The Balaban J connectivity index is 1.58. The fraction of sp³-hybridized carbons (Fsp3) is 0.194. The predicted molar refractivity (Wildman–Crippen MR) is 159 cm³/mol. The van der Waals surface area contributed by atoms with Gasteiger partial charge in [-0.3, -0.25) is 9.36 Å². The number of nitrogens with zero attached hydrogens (tertiary/aromatic N) is 2. The number of carbonyl (C=O) groups is 1. The van der Waals surface area contributed by atoms with E-state index in [1.807, 2.05) is 54.6 Å². The molecule has 1 atom stereocenters. The van der Waals surface area contributed by atoms with Gasteiger partial charge in [-0.05, 0) is 67.8 Å². The lowest BCUT2D eigenvalue weighted by Gasteiger charge is -2.25. The number of benzene rings is 3. The first-order valence-electron chi connectivity index (χ1n) is 12.7. The summed E-state index contributed by atoms with van der Waals surface area (Å²) in [5.74, 6) is 0.157. The molecule has 0 aliphatic carbocycles. The molecule has 0 saturated carbocycles. The van der Waals surface area contributed by atoms with E-state index in [1.165, 1.54) is 11.3 Å². The molecule has 0 fully saturated rings. The summed E-state index contributed by atoms with van der Waals surface area (Å²) in [5.41, 5.74) is 2.97. The van der Waals surface area contributed by atoms with E-state index in [4.69, 9.17) is 32.7 Å². The second-order valence-corrected chi connectivity index (χ2v) is 11.4. The Bertz CT molecular complexity index is 1770. The van der Waals surface area contributed by atoms with E-state index in [1.54, 1.807) is 49.6 Å². The van der Waals surface area contributed by atoms with Crippen molar-refractivity contribution in [1.82, 2.24) is 4.57 Å². The Morgan fingerprint density at radius 2 is 1.80 bits per heavy atom. The summed E-state index contributed by atoms with van der Waals surface area (Å²) in [5, 5.41) is 0.932. The summed E-state index contributed by atoms with van der Waals surface area (Å²) >= 11 is 13.7. The molecule has 0 saturated heterocycles. The summed E-state index contributed by atoms with van der Waals surface area (Å²) in [6.45, 7) is 5.75. The van der Waals surface area contributed by atoms with Crippen LogP contribution in [0.15, 0.2) is 93.9 Å². The molecule has 0 radical (unpaired) electrons. The highest BCUT2D eigenvalue weighted by Crippen LogP contribution is 2.32. The largest absolute Gasteiger partial charge is 0.489 e. The number of hydrogen-bond donors (Lipinski definition) is 0. The van der Waals surface area contributed by atoms with Crippen molar-refractivity contribution in [3.8, 4) is 5.75 Å². The Hall–Kier alpha value is -3.65. The lowest BCUT2D eigenvalue weighted by Crippen LogP contribution is -2.40. The van der Waals surface area contributed by atoms with Gasteiger partial charge in [-0.2, -0.15) is 0 Å². The summed E-state index contributed by atoms with van der Waals surface area (Å²) in [6.07, 6.45) is 1.38. The number of carbonyl (C=O) groups excluding carboxylic acids is 1. The summed E-state index contributed by atoms with van der Waals surface area (Å²) in [7, 11) is 0. The van der Waals surface area contributed by atoms with Crippen molar-refractivity contribution >= 4 is 46.6 Å². The molecule has 0 N–H and O–H groups in total. The van der Waals surface area contributed by atoms with Crippen molar-refractivity contribution in [2.45, 2.75) is 39.5 Å². The van der Waals surface area contributed by atoms with Crippen LogP contribution in [0.3, 0.4) is 0 Å². The summed E-state index contributed by atoms with van der Waals surface area (Å²) in [6, 6.07) is 21.6. The van der Waals surface area contributed by atoms with Crippen molar-refractivity contribution in [3.63, 3.8) is 0 Å². The van der Waals surface area contributed by atoms with Gasteiger partial charge in [0.1, 0.15) is 12.4 Å². The smallest absolute Gasteiger partial charge is 0.338 e. The van der Waals surface area contributed by atoms with Crippen LogP contribution in [-0.4, -0.2) is 16.6 Å². The van der Waals surface area contributed by atoms with Crippen molar-refractivity contribution in [2.24, 2.45) is 4.99 Å². The zero-order valence-corrected chi connectivity index (χ0v) is 24.4. The molecule has 40 heavy (non-hydrogen) atoms. The second kappa shape index (κ2) is 11.8. The van der Waals surface area contributed by atoms with Crippen LogP contribution >= 0.6 is 34.5 Å². The van der Waals surface area contributed by atoms with Gasteiger partial charge in [0.25, 0.3) is 5.56 Å². The fourth-order valence-electron chi connectivity index (χ4n) is 4.42. The standard InChI is InChI=1S/C31H26Cl2N2O4S/c1-18(2)39-30(37)27-19(3)34-31-35(29(36)26(40-31)15-22-9-12-23(32)16-25(22)33)28(27)21-10-13-24(14-11-21)38-17-20-7-5-4-6-8-20/h4-16,18,28H,17H2,1-3H3. The Kier molecular flexibility index (Phi) is 8.26. The molecule has 3 aromatic carbocycles. The number of aromatic nitrogens is 1. The van der Waals surface area contributed by atoms with Gasteiger partial charge in [-0.1, -0.05) is 83.1 Å². The highest BCUT2D eigenvalue weighted by Gasteiger charge is 2.33. The van der Waals surface area contributed by atoms with Crippen LogP contribution in [0, 0.1) is 0 Å². The number of ether oxygens (including phenoxy) is 2. The molecule has 0 amide bonds. The minimum absolute atomic E-state index is 0.286. The number of fused-ring (bicyclic) bond motifs is 1. The third-order valence-corrected chi connectivity index (χ3v) is 7.82. The van der Waals surface area contributed by atoms with Crippen molar-refractivity contribution in [1.29, 1.82) is 0 Å². The molecule has 4 aromatic rings. The molecule has 1 aliphatic rings. The normalized spacial score (nSPS) is 15.2. The first kappa shape index (κ1) is 27.9. The maximum Gasteiger partial charge on any atom is 0.338 e. The molecule has 2 heterocycles. The van der Waals surface area contributed by atoms with E-state index in [-0.39, 0.29) is 11.7 Å². The molecule has 1 unspecified atom stereocenters. The zero-order chi connectivity index (χ0) is 28.4. The van der Waals surface area contributed by atoms with E-state index in [2.05, 4.69) is 4.99 Å². The maximum atomic E-state index is 13.8. The minimum atomic E-state index is -0.728. The fourth-order valence-corrected chi connectivity index (χ4v) is 5.92. The van der Waals surface area contributed by atoms with E-state index < -0.39 is 12.0 Å². The molecule has 6 nitrogen and oxygen atoms in total. The molecular weight excluding hydrogens is 567 g/mol. The van der Waals surface area contributed by atoms with Gasteiger partial charge in [-0.25, -0.2) is 9.79 Å². The van der Waals surface area contributed by atoms with E-state index >= 15 is 0 Å². The van der Waals surface area contributed by atoms with Gasteiger partial charge in [0.2, 0.25) is 0 Å². The first-order valence-corrected chi connectivity index (χ1v) is 14.2. The third-order valence-electron chi connectivity index (χ3n) is 6.28. The van der Waals surface area contributed by atoms with Gasteiger partial charge in [0.15, 0.2) is 4.80 Å². The van der Waals surface area contributed by atoms with Gasteiger partial charge in [0.05, 0.1) is 27.9 Å². The average Bonchev–Trinajstić information content (AvgIpc) is 3.23. The number of halogens is 2. The second-order valence-electron chi connectivity index (χ2n) is 9.55. The van der Waals surface area contributed by atoms with Crippen molar-refractivity contribution in [2.75, 3.05) is 0 Å².